The molecule has 0 spiro atoms. The summed E-state index contributed by atoms with van der Waals surface area (Å²) in [5, 5.41) is 0. The maximum atomic E-state index is 13.6. The molecule has 1 aliphatic rings. The van der Waals surface area contributed by atoms with Crippen LogP contribution in [-0.2, 0) is 6.54 Å². The highest BCUT2D eigenvalue weighted by Gasteiger charge is 2.23. The number of piperidine rings is 1. The minimum atomic E-state index is -1.15. The standard InChI is InChI=1S/C14H19F3N2/c1-9(18)10-3-2-4-19(7-10)8-11-5-13(16)14(17)6-12(11)15/h5-6,9-10H,2-4,7-8,18H2,1H3. The largest absolute Gasteiger partial charge is 0.328 e. The van der Waals surface area contributed by atoms with Crippen molar-refractivity contribution in [3.8, 4) is 0 Å². The minimum absolute atomic E-state index is 0.0950. The second-order valence-corrected chi connectivity index (χ2v) is 5.35. The zero-order valence-electron chi connectivity index (χ0n) is 11.0. The van der Waals surface area contributed by atoms with Crippen molar-refractivity contribution in [3.05, 3.63) is 35.1 Å². The SMILES string of the molecule is CC(N)C1CCCN(Cc2cc(F)c(F)cc2F)C1. The molecule has 1 aliphatic heterocycles. The highest BCUT2D eigenvalue weighted by molar-refractivity contribution is 5.20. The summed E-state index contributed by atoms with van der Waals surface area (Å²) in [4.78, 5) is 2.05. The van der Waals surface area contributed by atoms with Gasteiger partial charge in [-0.15, -0.1) is 0 Å². The van der Waals surface area contributed by atoms with Crippen LogP contribution >= 0.6 is 0 Å². The molecule has 0 bridgehead atoms. The van der Waals surface area contributed by atoms with Crippen molar-refractivity contribution in [2.45, 2.75) is 32.4 Å². The second kappa shape index (κ2) is 5.92. The Labute approximate surface area is 111 Å². The van der Waals surface area contributed by atoms with E-state index in [-0.39, 0.29) is 11.6 Å². The molecule has 5 heteroatoms. The van der Waals surface area contributed by atoms with Gasteiger partial charge in [0.1, 0.15) is 5.82 Å². The number of hydrogen-bond acceptors (Lipinski definition) is 2. The summed E-state index contributed by atoms with van der Waals surface area (Å²) in [5.41, 5.74) is 6.08. The molecule has 0 aliphatic carbocycles. The third kappa shape index (κ3) is 3.48. The van der Waals surface area contributed by atoms with Crippen LogP contribution in [0.3, 0.4) is 0 Å². The van der Waals surface area contributed by atoms with Crippen LogP contribution in [0.1, 0.15) is 25.3 Å². The lowest BCUT2D eigenvalue weighted by molar-refractivity contribution is 0.152. The smallest absolute Gasteiger partial charge is 0.161 e. The molecule has 0 aromatic heterocycles. The first kappa shape index (κ1) is 14.3. The van der Waals surface area contributed by atoms with Gasteiger partial charge in [-0.05, 0) is 38.3 Å². The number of benzene rings is 1. The Balaban J connectivity index is 2.06. The molecule has 1 heterocycles. The Morgan fingerprint density at radius 2 is 1.95 bits per heavy atom. The molecule has 0 saturated carbocycles. The molecule has 1 saturated heterocycles. The summed E-state index contributed by atoms with van der Waals surface area (Å²) in [6, 6.07) is 1.65. The second-order valence-electron chi connectivity index (χ2n) is 5.35. The average molecular weight is 272 g/mol. The summed E-state index contributed by atoms with van der Waals surface area (Å²) >= 11 is 0. The van der Waals surface area contributed by atoms with Crippen LogP contribution in [0.4, 0.5) is 13.2 Å². The zero-order chi connectivity index (χ0) is 14.0. The van der Waals surface area contributed by atoms with Crippen LogP contribution in [-0.4, -0.2) is 24.0 Å². The van der Waals surface area contributed by atoms with Gasteiger partial charge in [-0.3, -0.25) is 4.90 Å². The molecule has 2 nitrogen and oxygen atoms in total. The molecular formula is C14H19F3N2. The van der Waals surface area contributed by atoms with Crippen LogP contribution in [0, 0.1) is 23.4 Å². The maximum absolute atomic E-state index is 13.6. The molecule has 2 rings (SSSR count). The van der Waals surface area contributed by atoms with Crippen molar-refractivity contribution in [1.29, 1.82) is 0 Å². The van der Waals surface area contributed by atoms with Crippen LogP contribution in [0.5, 0.6) is 0 Å². The van der Waals surface area contributed by atoms with Crippen molar-refractivity contribution in [3.63, 3.8) is 0 Å². The van der Waals surface area contributed by atoms with Gasteiger partial charge in [0.15, 0.2) is 11.6 Å². The fourth-order valence-electron chi connectivity index (χ4n) is 2.59. The maximum Gasteiger partial charge on any atom is 0.161 e. The van der Waals surface area contributed by atoms with Gasteiger partial charge in [0.2, 0.25) is 0 Å². The van der Waals surface area contributed by atoms with Crippen molar-refractivity contribution in [2.24, 2.45) is 11.7 Å². The number of nitrogens with zero attached hydrogens (tertiary/aromatic N) is 1. The van der Waals surface area contributed by atoms with Gasteiger partial charge in [0.25, 0.3) is 0 Å². The normalized spacial score (nSPS) is 22.5. The predicted molar refractivity (Wildman–Crippen MR) is 68.0 cm³/mol. The Hall–Kier alpha value is -1.07. The van der Waals surface area contributed by atoms with Crippen LogP contribution in [0.2, 0.25) is 0 Å². The summed E-state index contributed by atoms with van der Waals surface area (Å²) in [6.45, 7) is 3.87. The summed E-state index contributed by atoms with van der Waals surface area (Å²) in [6.07, 6.45) is 2.06. The van der Waals surface area contributed by atoms with E-state index in [0.717, 1.165) is 32.0 Å². The lowest BCUT2D eigenvalue weighted by Gasteiger charge is -2.34. The van der Waals surface area contributed by atoms with Crippen molar-refractivity contribution in [2.75, 3.05) is 13.1 Å². The molecule has 1 aromatic carbocycles. The molecule has 19 heavy (non-hydrogen) atoms. The van der Waals surface area contributed by atoms with E-state index in [1.807, 2.05) is 11.8 Å². The highest BCUT2D eigenvalue weighted by atomic mass is 19.2. The minimum Gasteiger partial charge on any atom is -0.328 e. The van der Waals surface area contributed by atoms with Gasteiger partial charge in [-0.1, -0.05) is 0 Å². The summed E-state index contributed by atoms with van der Waals surface area (Å²) < 4.78 is 39.6. The van der Waals surface area contributed by atoms with E-state index < -0.39 is 17.5 Å². The number of rotatable bonds is 3. The first-order valence-corrected chi connectivity index (χ1v) is 6.58. The lowest BCUT2D eigenvalue weighted by atomic mass is 9.92. The number of likely N-dealkylation sites (tertiary alicyclic amines) is 1. The van der Waals surface area contributed by atoms with E-state index >= 15 is 0 Å². The topological polar surface area (TPSA) is 29.3 Å². The van der Waals surface area contributed by atoms with E-state index in [0.29, 0.717) is 18.5 Å². The van der Waals surface area contributed by atoms with Gasteiger partial charge in [0, 0.05) is 30.8 Å². The highest BCUT2D eigenvalue weighted by Crippen LogP contribution is 2.22. The predicted octanol–water partition coefficient (Wildman–Crippen LogP) is 2.66. The molecule has 0 amide bonds. The monoisotopic (exact) mass is 272 g/mol. The fraction of sp³-hybridized carbons (Fsp3) is 0.571. The molecule has 2 atom stereocenters. The number of hydrogen-bond donors (Lipinski definition) is 1. The van der Waals surface area contributed by atoms with Gasteiger partial charge in [-0.25, -0.2) is 13.2 Å². The Bertz CT molecular complexity index is 449. The van der Waals surface area contributed by atoms with Crippen molar-refractivity contribution < 1.29 is 13.2 Å². The van der Waals surface area contributed by atoms with E-state index in [4.69, 9.17) is 5.73 Å². The number of nitrogens with two attached hydrogens (primary N) is 1. The van der Waals surface area contributed by atoms with Gasteiger partial charge in [0.05, 0.1) is 0 Å². The molecule has 1 aromatic rings. The fourth-order valence-corrected chi connectivity index (χ4v) is 2.59. The zero-order valence-corrected chi connectivity index (χ0v) is 11.0. The Kier molecular flexibility index (Phi) is 4.47. The van der Waals surface area contributed by atoms with Crippen LogP contribution in [0.15, 0.2) is 12.1 Å². The van der Waals surface area contributed by atoms with Gasteiger partial charge < -0.3 is 5.73 Å². The van der Waals surface area contributed by atoms with E-state index in [1.54, 1.807) is 0 Å². The van der Waals surface area contributed by atoms with Gasteiger partial charge >= 0.3 is 0 Å². The van der Waals surface area contributed by atoms with E-state index in [9.17, 15) is 13.2 Å². The van der Waals surface area contributed by atoms with Crippen LogP contribution < -0.4 is 5.73 Å². The number of halogens is 3. The molecule has 2 N–H and O–H groups in total. The third-order valence-electron chi connectivity index (χ3n) is 3.77. The molecule has 2 unspecified atom stereocenters. The third-order valence-corrected chi connectivity index (χ3v) is 3.77. The molecular weight excluding hydrogens is 253 g/mol. The lowest BCUT2D eigenvalue weighted by Crippen LogP contribution is -2.42. The van der Waals surface area contributed by atoms with Crippen LogP contribution in [0.25, 0.3) is 0 Å². The van der Waals surface area contributed by atoms with E-state index in [1.165, 1.54) is 0 Å². The molecule has 106 valence electrons. The summed E-state index contributed by atoms with van der Waals surface area (Å²) in [7, 11) is 0. The van der Waals surface area contributed by atoms with Crippen molar-refractivity contribution in [1.82, 2.24) is 4.90 Å². The molecule has 1 fully saturated rings. The summed E-state index contributed by atoms with van der Waals surface area (Å²) in [5.74, 6) is -2.46. The first-order valence-electron chi connectivity index (χ1n) is 6.58. The first-order chi connectivity index (χ1) is 8.97. The average Bonchev–Trinajstić information content (AvgIpc) is 2.36. The van der Waals surface area contributed by atoms with E-state index in [2.05, 4.69) is 0 Å². The Morgan fingerprint density at radius 3 is 2.63 bits per heavy atom. The molecule has 0 radical (unpaired) electrons. The Morgan fingerprint density at radius 1 is 1.26 bits per heavy atom. The van der Waals surface area contributed by atoms with Gasteiger partial charge in [-0.2, -0.15) is 0 Å². The van der Waals surface area contributed by atoms with Crippen molar-refractivity contribution >= 4 is 0 Å². The quantitative estimate of drug-likeness (QED) is 0.857.